The fourth-order valence-corrected chi connectivity index (χ4v) is 2.69. The Morgan fingerprint density at radius 2 is 1.65 bits per heavy atom. The van der Waals surface area contributed by atoms with E-state index in [0.717, 1.165) is 13.0 Å². The Labute approximate surface area is 135 Å². The minimum atomic E-state index is 0.716. The highest BCUT2D eigenvalue weighted by Crippen LogP contribution is 2.18. The topological polar surface area (TPSA) is 12.0 Å². The summed E-state index contributed by atoms with van der Waals surface area (Å²) in [6.45, 7) is 7.53. The highest BCUT2D eigenvalue weighted by atomic mass is 127. The van der Waals surface area contributed by atoms with E-state index in [1.807, 2.05) is 0 Å². The van der Waals surface area contributed by atoms with Crippen LogP contribution in [-0.2, 0) is 13.0 Å². The van der Waals surface area contributed by atoms with Crippen molar-refractivity contribution in [2.45, 2.75) is 33.7 Å². The molecule has 0 radical (unpaired) electrons. The van der Waals surface area contributed by atoms with Crippen LogP contribution in [-0.4, -0.2) is 0 Å². The van der Waals surface area contributed by atoms with Gasteiger partial charge in [0.25, 0.3) is 0 Å². The third-order valence-electron chi connectivity index (χ3n) is 3.34. The minimum absolute atomic E-state index is 0.716. The van der Waals surface area contributed by atoms with Crippen molar-refractivity contribution in [1.82, 2.24) is 0 Å². The van der Waals surface area contributed by atoms with Crippen molar-refractivity contribution in [3.8, 4) is 0 Å². The molecule has 2 heteroatoms. The molecule has 0 spiro atoms. The normalized spacial score (nSPS) is 10.8. The molecular weight excluding hydrogens is 357 g/mol. The van der Waals surface area contributed by atoms with Crippen molar-refractivity contribution < 1.29 is 0 Å². The van der Waals surface area contributed by atoms with Gasteiger partial charge in [0.05, 0.1) is 0 Å². The Morgan fingerprint density at radius 1 is 1.00 bits per heavy atom. The second-order valence-electron chi connectivity index (χ2n) is 5.73. The van der Waals surface area contributed by atoms with Gasteiger partial charge in [0.1, 0.15) is 0 Å². The quantitative estimate of drug-likeness (QED) is 0.685. The average molecular weight is 379 g/mol. The maximum absolute atomic E-state index is 3.48. The minimum Gasteiger partial charge on any atom is -0.381 e. The van der Waals surface area contributed by atoms with Crippen molar-refractivity contribution in [1.29, 1.82) is 0 Å². The number of rotatable bonds is 5. The highest BCUT2D eigenvalue weighted by Gasteiger charge is 2.00. The third kappa shape index (κ3) is 4.51. The molecule has 2 aromatic carbocycles. The summed E-state index contributed by atoms with van der Waals surface area (Å²) in [6.07, 6.45) is 1.16. The largest absolute Gasteiger partial charge is 0.381 e. The molecule has 1 nitrogen and oxygen atoms in total. The molecule has 106 valence electrons. The molecule has 0 heterocycles. The van der Waals surface area contributed by atoms with Crippen LogP contribution in [0.3, 0.4) is 0 Å². The molecule has 0 aliphatic heterocycles. The van der Waals surface area contributed by atoms with Crippen molar-refractivity contribution in [3.63, 3.8) is 0 Å². The molecule has 0 atom stereocenters. The van der Waals surface area contributed by atoms with E-state index >= 15 is 0 Å². The summed E-state index contributed by atoms with van der Waals surface area (Å²) in [5.74, 6) is 0.716. The van der Waals surface area contributed by atoms with Gasteiger partial charge in [-0.2, -0.15) is 0 Å². The van der Waals surface area contributed by atoms with Gasteiger partial charge in [-0.15, -0.1) is 0 Å². The van der Waals surface area contributed by atoms with E-state index in [0.29, 0.717) is 5.92 Å². The molecule has 0 aromatic heterocycles. The molecule has 0 aliphatic carbocycles. The Balaban J connectivity index is 1.95. The van der Waals surface area contributed by atoms with E-state index in [9.17, 15) is 0 Å². The Hall–Kier alpha value is -1.03. The number of hydrogen-bond acceptors (Lipinski definition) is 1. The molecular formula is C18H22IN. The van der Waals surface area contributed by atoms with E-state index < -0.39 is 0 Å². The molecule has 0 saturated carbocycles. The van der Waals surface area contributed by atoms with Gasteiger partial charge in [-0.05, 0) is 70.7 Å². The van der Waals surface area contributed by atoms with Crippen molar-refractivity contribution in [3.05, 3.63) is 62.7 Å². The Kier molecular flexibility index (Phi) is 5.46. The van der Waals surface area contributed by atoms with Crippen LogP contribution in [0.5, 0.6) is 0 Å². The molecule has 0 unspecified atom stereocenters. The fraction of sp³-hybridized carbons (Fsp3) is 0.333. The van der Waals surface area contributed by atoms with E-state index in [1.54, 1.807) is 0 Å². The lowest BCUT2D eigenvalue weighted by Gasteiger charge is -2.10. The molecule has 2 aromatic rings. The summed E-state index contributed by atoms with van der Waals surface area (Å²) in [4.78, 5) is 0. The molecule has 2 rings (SSSR count). The smallest absolute Gasteiger partial charge is 0.0400 e. The van der Waals surface area contributed by atoms with Gasteiger partial charge >= 0.3 is 0 Å². The lowest BCUT2D eigenvalue weighted by Crippen LogP contribution is -2.00. The molecule has 0 fully saturated rings. The van der Waals surface area contributed by atoms with Crippen LogP contribution >= 0.6 is 22.6 Å². The molecule has 0 bridgehead atoms. The van der Waals surface area contributed by atoms with Crippen LogP contribution in [0.15, 0.2) is 42.5 Å². The van der Waals surface area contributed by atoms with Gasteiger partial charge < -0.3 is 5.32 Å². The predicted molar refractivity (Wildman–Crippen MR) is 96.2 cm³/mol. The second kappa shape index (κ2) is 7.11. The van der Waals surface area contributed by atoms with Crippen LogP contribution < -0.4 is 5.32 Å². The number of halogens is 1. The zero-order valence-electron chi connectivity index (χ0n) is 12.4. The zero-order valence-corrected chi connectivity index (χ0v) is 14.6. The monoisotopic (exact) mass is 379 g/mol. The fourth-order valence-electron chi connectivity index (χ4n) is 2.17. The van der Waals surface area contributed by atoms with Crippen LogP contribution in [0.25, 0.3) is 0 Å². The van der Waals surface area contributed by atoms with E-state index in [4.69, 9.17) is 0 Å². The van der Waals surface area contributed by atoms with Gasteiger partial charge in [0.15, 0.2) is 0 Å². The Bertz CT molecular complexity index is 558. The van der Waals surface area contributed by atoms with Gasteiger partial charge in [-0.1, -0.05) is 44.2 Å². The van der Waals surface area contributed by atoms with E-state index in [2.05, 4.69) is 91.1 Å². The maximum atomic E-state index is 3.48. The molecule has 1 N–H and O–H groups in total. The van der Waals surface area contributed by atoms with Crippen molar-refractivity contribution in [2.75, 3.05) is 5.32 Å². The molecule has 0 amide bonds. The van der Waals surface area contributed by atoms with Crippen LogP contribution in [0.2, 0.25) is 0 Å². The number of aryl methyl sites for hydroxylation is 1. The maximum Gasteiger partial charge on any atom is 0.0400 e. The zero-order chi connectivity index (χ0) is 14.5. The summed E-state index contributed by atoms with van der Waals surface area (Å²) < 4.78 is 1.31. The summed E-state index contributed by atoms with van der Waals surface area (Å²) in [5, 5.41) is 3.48. The highest BCUT2D eigenvalue weighted by molar-refractivity contribution is 14.1. The average Bonchev–Trinajstić information content (AvgIpc) is 2.41. The summed E-state index contributed by atoms with van der Waals surface area (Å²) in [7, 11) is 0. The lowest BCUT2D eigenvalue weighted by atomic mass is 10.0. The van der Waals surface area contributed by atoms with Gasteiger partial charge in [-0.3, -0.25) is 0 Å². The van der Waals surface area contributed by atoms with Crippen LogP contribution in [0.1, 0.15) is 30.5 Å². The first-order valence-electron chi connectivity index (χ1n) is 7.12. The summed E-state index contributed by atoms with van der Waals surface area (Å²) in [5.41, 5.74) is 5.27. The van der Waals surface area contributed by atoms with Crippen molar-refractivity contribution in [2.24, 2.45) is 5.92 Å². The number of benzene rings is 2. The lowest BCUT2D eigenvalue weighted by molar-refractivity contribution is 0.647. The van der Waals surface area contributed by atoms with Crippen LogP contribution in [0.4, 0.5) is 5.69 Å². The molecule has 0 saturated heterocycles. The van der Waals surface area contributed by atoms with E-state index in [-0.39, 0.29) is 0 Å². The summed E-state index contributed by atoms with van der Waals surface area (Å²) in [6, 6.07) is 15.4. The van der Waals surface area contributed by atoms with Gasteiger partial charge in [0, 0.05) is 15.8 Å². The second-order valence-corrected chi connectivity index (χ2v) is 6.89. The first kappa shape index (κ1) is 15.4. The third-order valence-corrected chi connectivity index (χ3v) is 4.50. The van der Waals surface area contributed by atoms with Crippen LogP contribution in [0, 0.1) is 16.4 Å². The predicted octanol–water partition coefficient (Wildman–Crippen LogP) is 5.41. The number of hydrogen-bond donors (Lipinski definition) is 1. The molecule has 0 aliphatic rings. The summed E-state index contributed by atoms with van der Waals surface area (Å²) >= 11 is 2.38. The first-order valence-corrected chi connectivity index (χ1v) is 8.20. The first-order chi connectivity index (χ1) is 9.54. The van der Waals surface area contributed by atoms with Gasteiger partial charge in [-0.25, -0.2) is 0 Å². The van der Waals surface area contributed by atoms with Crippen molar-refractivity contribution >= 4 is 28.3 Å². The van der Waals surface area contributed by atoms with E-state index in [1.165, 1.54) is 25.9 Å². The number of nitrogens with one attached hydrogen (secondary N) is 1. The SMILES string of the molecule is Cc1ccc(NCc2ccc(CC(C)C)cc2)cc1I. The molecule has 20 heavy (non-hydrogen) atoms. The Morgan fingerprint density at radius 3 is 2.25 bits per heavy atom. The standard InChI is InChI=1S/C18H22IN/c1-13(2)10-15-5-7-16(8-6-15)12-20-17-9-4-14(3)18(19)11-17/h4-9,11,13,20H,10,12H2,1-3H3. The number of anilines is 1. The van der Waals surface area contributed by atoms with Gasteiger partial charge in [0.2, 0.25) is 0 Å².